The van der Waals surface area contributed by atoms with Crippen LogP contribution in [0.2, 0.25) is 0 Å². The van der Waals surface area contributed by atoms with Crippen molar-refractivity contribution in [2.24, 2.45) is 5.41 Å². The first-order valence-electron chi connectivity index (χ1n) is 5.71. The molecule has 1 atom stereocenters. The van der Waals surface area contributed by atoms with Crippen molar-refractivity contribution in [1.82, 2.24) is 4.90 Å². The molecule has 0 aromatic rings. The summed E-state index contributed by atoms with van der Waals surface area (Å²) in [5.41, 5.74) is 0.386. The van der Waals surface area contributed by atoms with E-state index >= 15 is 0 Å². The Labute approximate surface area is 94.0 Å². The molecule has 2 N–H and O–H groups in total. The summed E-state index contributed by atoms with van der Waals surface area (Å²) >= 11 is 0. The van der Waals surface area contributed by atoms with Crippen molar-refractivity contribution in [2.45, 2.75) is 38.1 Å². The smallest absolute Gasteiger partial charge is 0.320 e. The van der Waals surface area contributed by atoms with Crippen LogP contribution in [0.3, 0.4) is 0 Å². The van der Waals surface area contributed by atoms with Gasteiger partial charge < -0.3 is 10.2 Å². The maximum Gasteiger partial charge on any atom is 0.320 e. The Bertz CT molecular complexity index is 303. The van der Waals surface area contributed by atoms with Gasteiger partial charge in [0.2, 0.25) is 0 Å². The number of hydrogen-bond acceptors (Lipinski definition) is 3. The van der Waals surface area contributed by atoms with E-state index in [1.165, 1.54) is 19.3 Å². The largest absolute Gasteiger partial charge is 0.481 e. The van der Waals surface area contributed by atoms with Crippen molar-refractivity contribution in [3.05, 3.63) is 0 Å². The highest BCUT2D eigenvalue weighted by atomic mass is 16.4. The van der Waals surface area contributed by atoms with Crippen LogP contribution in [0.5, 0.6) is 0 Å². The maximum atomic E-state index is 11.0. The molecule has 5 nitrogen and oxygen atoms in total. The Hall–Kier alpha value is -1.10. The number of rotatable bonds is 5. The Balaban J connectivity index is 1.84. The average Bonchev–Trinajstić information content (AvgIpc) is 2.03. The zero-order valence-corrected chi connectivity index (χ0v) is 9.19. The highest BCUT2D eigenvalue weighted by Crippen LogP contribution is 2.48. The Morgan fingerprint density at radius 2 is 1.88 bits per heavy atom. The van der Waals surface area contributed by atoms with E-state index in [1.54, 1.807) is 0 Å². The molecule has 1 aliphatic heterocycles. The molecule has 0 radical (unpaired) electrons. The molecule has 1 saturated carbocycles. The maximum absolute atomic E-state index is 11.0. The van der Waals surface area contributed by atoms with Crippen LogP contribution < -0.4 is 0 Å². The number of carboxylic acid groups (broad SMARTS) is 2. The third kappa shape index (κ3) is 2.04. The van der Waals surface area contributed by atoms with Gasteiger partial charge in [-0.05, 0) is 24.7 Å². The molecule has 2 rings (SSSR count). The van der Waals surface area contributed by atoms with Gasteiger partial charge in [0, 0.05) is 19.5 Å². The van der Waals surface area contributed by atoms with Gasteiger partial charge in [-0.15, -0.1) is 0 Å². The summed E-state index contributed by atoms with van der Waals surface area (Å²) in [5, 5.41) is 17.6. The fourth-order valence-electron chi connectivity index (χ4n) is 2.75. The molecular formula is C11H17NO4. The van der Waals surface area contributed by atoms with E-state index in [0.29, 0.717) is 5.41 Å². The van der Waals surface area contributed by atoms with Gasteiger partial charge in [-0.1, -0.05) is 6.42 Å². The third-order valence-electron chi connectivity index (χ3n) is 3.85. The summed E-state index contributed by atoms with van der Waals surface area (Å²) in [6.07, 6.45) is 3.80. The SMILES string of the molecule is O=C(O)CCC(C(=O)O)N1CC2(CCC2)C1. The van der Waals surface area contributed by atoms with Crippen molar-refractivity contribution >= 4 is 11.9 Å². The third-order valence-corrected chi connectivity index (χ3v) is 3.85. The topological polar surface area (TPSA) is 77.8 Å². The van der Waals surface area contributed by atoms with E-state index in [-0.39, 0.29) is 12.8 Å². The quantitative estimate of drug-likeness (QED) is 0.726. The molecule has 0 bridgehead atoms. The number of likely N-dealkylation sites (tertiary alicyclic amines) is 1. The summed E-state index contributed by atoms with van der Waals surface area (Å²) < 4.78 is 0. The second kappa shape index (κ2) is 4.05. The minimum absolute atomic E-state index is 0.0690. The summed E-state index contributed by atoms with van der Waals surface area (Å²) in [7, 11) is 0. The fraction of sp³-hybridized carbons (Fsp3) is 0.818. The highest BCUT2D eigenvalue weighted by molar-refractivity contribution is 5.75. The Kier molecular flexibility index (Phi) is 2.88. The molecule has 5 heteroatoms. The van der Waals surface area contributed by atoms with E-state index in [1.807, 2.05) is 4.90 Å². The van der Waals surface area contributed by atoms with Crippen molar-refractivity contribution in [2.75, 3.05) is 13.1 Å². The van der Waals surface area contributed by atoms with E-state index in [0.717, 1.165) is 13.1 Å². The van der Waals surface area contributed by atoms with Crippen LogP contribution in [0.4, 0.5) is 0 Å². The molecule has 1 heterocycles. The lowest BCUT2D eigenvalue weighted by molar-refractivity contribution is -0.155. The first-order valence-corrected chi connectivity index (χ1v) is 5.71. The molecule has 0 amide bonds. The second-order valence-corrected chi connectivity index (χ2v) is 5.04. The minimum Gasteiger partial charge on any atom is -0.481 e. The van der Waals surface area contributed by atoms with Gasteiger partial charge >= 0.3 is 11.9 Å². The fourth-order valence-corrected chi connectivity index (χ4v) is 2.75. The molecule has 2 aliphatic rings. The van der Waals surface area contributed by atoms with Crippen LogP contribution in [0.15, 0.2) is 0 Å². The summed E-state index contributed by atoms with van der Waals surface area (Å²) in [5.74, 6) is -1.82. The van der Waals surface area contributed by atoms with Crippen molar-refractivity contribution < 1.29 is 19.8 Å². The zero-order valence-electron chi connectivity index (χ0n) is 9.19. The normalized spacial score (nSPS) is 24.5. The number of hydrogen-bond donors (Lipinski definition) is 2. The first kappa shape index (κ1) is 11.4. The number of carbonyl (C=O) groups is 2. The Morgan fingerprint density at radius 1 is 1.25 bits per heavy atom. The first-order chi connectivity index (χ1) is 7.52. The van der Waals surface area contributed by atoms with E-state index < -0.39 is 18.0 Å². The van der Waals surface area contributed by atoms with Crippen LogP contribution in [0.25, 0.3) is 0 Å². The van der Waals surface area contributed by atoms with Gasteiger partial charge in [-0.3, -0.25) is 14.5 Å². The van der Waals surface area contributed by atoms with Crippen LogP contribution in [0.1, 0.15) is 32.1 Å². The molecular weight excluding hydrogens is 210 g/mol. The van der Waals surface area contributed by atoms with Gasteiger partial charge in [0.15, 0.2) is 0 Å². The molecule has 1 aliphatic carbocycles. The van der Waals surface area contributed by atoms with Gasteiger partial charge in [0.1, 0.15) is 6.04 Å². The highest BCUT2D eigenvalue weighted by Gasteiger charge is 2.50. The standard InChI is InChI=1S/C11H17NO4/c13-9(14)3-2-8(10(15)16)12-6-11(7-12)4-1-5-11/h8H,1-7H2,(H,13,14)(H,15,16). The number of carboxylic acids is 2. The minimum atomic E-state index is -0.926. The summed E-state index contributed by atoms with van der Waals surface area (Å²) in [4.78, 5) is 23.4. The van der Waals surface area contributed by atoms with Crippen LogP contribution in [-0.2, 0) is 9.59 Å². The lowest BCUT2D eigenvalue weighted by Gasteiger charge is -2.57. The lowest BCUT2D eigenvalue weighted by atomic mass is 9.63. The lowest BCUT2D eigenvalue weighted by Crippen LogP contribution is -2.64. The number of aliphatic carboxylic acids is 2. The average molecular weight is 227 g/mol. The van der Waals surface area contributed by atoms with Gasteiger partial charge in [0.25, 0.3) is 0 Å². The molecule has 90 valence electrons. The molecule has 1 unspecified atom stereocenters. The summed E-state index contributed by atoms with van der Waals surface area (Å²) in [6.45, 7) is 1.67. The van der Waals surface area contributed by atoms with Crippen molar-refractivity contribution in [1.29, 1.82) is 0 Å². The van der Waals surface area contributed by atoms with E-state index in [2.05, 4.69) is 0 Å². The predicted molar refractivity (Wildman–Crippen MR) is 56.2 cm³/mol. The van der Waals surface area contributed by atoms with Crippen LogP contribution in [-0.4, -0.2) is 46.2 Å². The van der Waals surface area contributed by atoms with Crippen LogP contribution >= 0.6 is 0 Å². The Morgan fingerprint density at radius 3 is 2.25 bits per heavy atom. The molecule has 0 aromatic carbocycles. The zero-order chi connectivity index (χ0) is 11.8. The van der Waals surface area contributed by atoms with Crippen molar-refractivity contribution in [3.63, 3.8) is 0 Å². The second-order valence-electron chi connectivity index (χ2n) is 5.04. The summed E-state index contributed by atoms with van der Waals surface area (Å²) in [6, 6.07) is -0.609. The number of nitrogens with zero attached hydrogens (tertiary/aromatic N) is 1. The molecule has 1 saturated heterocycles. The van der Waals surface area contributed by atoms with Crippen molar-refractivity contribution in [3.8, 4) is 0 Å². The monoisotopic (exact) mass is 227 g/mol. The van der Waals surface area contributed by atoms with Gasteiger partial charge in [-0.25, -0.2) is 0 Å². The predicted octanol–water partition coefficient (Wildman–Crippen LogP) is 0.790. The molecule has 2 fully saturated rings. The van der Waals surface area contributed by atoms with Gasteiger partial charge in [-0.2, -0.15) is 0 Å². The van der Waals surface area contributed by atoms with Gasteiger partial charge in [0.05, 0.1) is 0 Å². The molecule has 1 spiro atoms. The van der Waals surface area contributed by atoms with E-state index in [4.69, 9.17) is 10.2 Å². The van der Waals surface area contributed by atoms with Crippen LogP contribution in [0, 0.1) is 5.41 Å². The molecule has 0 aromatic heterocycles. The molecule has 16 heavy (non-hydrogen) atoms. The van der Waals surface area contributed by atoms with E-state index in [9.17, 15) is 9.59 Å².